The first-order chi connectivity index (χ1) is 9.38. The van der Waals surface area contributed by atoms with E-state index in [0.29, 0.717) is 0 Å². The maximum absolute atomic E-state index is 13.7. The van der Waals surface area contributed by atoms with E-state index >= 15 is 0 Å². The summed E-state index contributed by atoms with van der Waals surface area (Å²) in [5.74, 6) is -4.23. The Labute approximate surface area is 121 Å². The number of hydrogen-bond acceptors (Lipinski definition) is 2. The average molecular weight is 345 g/mol. The summed E-state index contributed by atoms with van der Waals surface area (Å²) in [5.41, 5.74) is 0.163. The van der Waals surface area contributed by atoms with Crippen molar-refractivity contribution in [1.82, 2.24) is 0 Å². The highest BCUT2D eigenvalue weighted by atomic mass is 79.9. The third-order valence-electron chi connectivity index (χ3n) is 2.52. The Balaban J connectivity index is 2.38. The fourth-order valence-electron chi connectivity index (χ4n) is 1.53. The summed E-state index contributed by atoms with van der Waals surface area (Å²) in [7, 11) is 0. The van der Waals surface area contributed by atoms with Crippen LogP contribution in [0.5, 0.6) is 11.5 Å². The molecule has 104 valence electrons. The SMILES string of the molecule is CC(=O)c1ccc(Oc2cc(Br)cc(F)c2F)c(F)c1. The van der Waals surface area contributed by atoms with Crippen molar-refractivity contribution in [3.63, 3.8) is 0 Å². The Kier molecular flexibility index (Phi) is 4.13. The molecule has 0 aliphatic rings. The van der Waals surface area contributed by atoms with E-state index in [2.05, 4.69) is 15.9 Å². The van der Waals surface area contributed by atoms with Crippen LogP contribution in [-0.2, 0) is 0 Å². The second-order valence-corrected chi connectivity index (χ2v) is 4.92. The van der Waals surface area contributed by atoms with Gasteiger partial charge in [-0.3, -0.25) is 4.79 Å². The summed E-state index contributed by atoms with van der Waals surface area (Å²) < 4.78 is 45.7. The van der Waals surface area contributed by atoms with Crippen LogP contribution in [-0.4, -0.2) is 5.78 Å². The smallest absolute Gasteiger partial charge is 0.201 e. The summed E-state index contributed by atoms with van der Waals surface area (Å²) in [6.07, 6.45) is 0. The van der Waals surface area contributed by atoms with Crippen LogP contribution in [0.2, 0.25) is 0 Å². The van der Waals surface area contributed by atoms with Crippen molar-refractivity contribution in [1.29, 1.82) is 0 Å². The van der Waals surface area contributed by atoms with Gasteiger partial charge in [0.25, 0.3) is 0 Å². The van der Waals surface area contributed by atoms with Crippen LogP contribution in [0.25, 0.3) is 0 Å². The van der Waals surface area contributed by atoms with E-state index in [1.807, 2.05) is 0 Å². The normalized spacial score (nSPS) is 10.4. The Bertz CT molecular complexity index is 686. The second kappa shape index (κ2) is 5.66. The van der Waals surface area contributed by atoms with Crippen LogP contribution < -0.4 is 4.74 Å². The zero-order chi connectivity index (χ0) is 14.9. The molecule has 20 heavy (non-hydrogen) atoms. The van der Waals surface area contributed by atoms with E-state index in [4.69, 9.17) is 4.74 Å². The standard InChI is InChI=1S/C14H8BrF3O2/c1-7(19)8-2-3-12(10(16)4-8)20-13-6-9(15)5-11(17)14(13)18/h2-6H,1H3. The van der Waals surface area contributed by atoms with Gasteiger partial charge in [-0.05, 0) is 37.3 Å². The summed E-state index contributed by atoms with van der Waals surface area (Å²) in [6, 6.07) is 5.61. The van der Waals surface area contributed by atoms with E-state index in [-0.39, 0.29) is 21.6 Å². The molecule has 2 rings (SSSR count). The zero-order valence-corrected chi connectivity index (χ0v) is 11.8. The third kappa shape index (κ3) is 3.01. The molecule has 0 bridgehead atoms. The molecule has 0 aromatic heterocycles. The van der Waals surface area contributed by atoms with Gasteiger partial charge in [-0.1, -0.05) is 15.9 Å². The maximum Gasteiger partial charge on any atom is 0.201 e. The number of Topliss-reactive ketones (excluding diaryl/α,β-unsaturated/α-hetero) is 1. The number of ketones is 1. The summed E-state index contributed by atoms with van der Waals surface area (Å²) in [6.45, 7) is 1.29. The maximum atomic E-state index is 13.7. The highest BCUT2D eigenvalue weighted by Crippen LogP contribution is 2.31. The van der Waals surface area contributed by atoms with Crippen molar-refractivity contribution in [2.75, 3.05) is 0 Å². The van der Waals surface area contributed by atoms with Crippen LogP contribution in [0, 0.1) is 17.5 Å². The van der Waals surface area contributed by atoms with Gasteiger partial charge in [0.2, 0.25) is 5.82 Å². The molecule has 0 fully saturated rings. The molecule has 0 aliphatic carbocycles. The number of carbonyl (C=O) groups excluding carboxylic acids is 1. The molecule has 0 saturated heterocycles. The number of benzene rings is 2. The lowest BCUT2D eigenvalue weighted by molar-refractivity contribution is 0.101. The van der Waals surface area contributed by atoms with Crippen LogP contribution >= 0.6 is 15.9 Å². The van der Waals surface area contributed by atoms with Crippen LogP contribution in [0.15, 0.2) is 34.8 Å². The van der Waals surface area contributed by atoms with E-state index in [1.54, 1.807) is 0 Å². The molecule has 0 heterocycles. The van der Waals surface area contributed by atoms with Gasteiger partial charge in [0, 0.05) is 10.0 Å². The highest BCUT2D eigenvalue weighted by Gasteiger charge is 2.15. The van der Waals surface area contributed by atoms with Gasteiger partial charge in [0.15, 0.2) is 28.9 Å². The summed E-state index contributed by atoms with van der Waals surface area (Å²) in [5, 5.41) is 0. The topological polar surface area (TPSA) is 26.3 Å². The van der Waals surface area contributed by atoms with E-state index < -0.39 is 23.2 Å². The molecule has 0 unspecified atom stereocenters. The summed E-state index contributed by atoms with van der Waals surface area (Å²) in [4.78, 5) is 11.1. The molecule has 0 N–H and O–H groups in total. The first-order valence-corrected chi connectivity index (χ1v) is 6.30. The minimum atomic E-state index is -1.22. The lowest BCUT2D eigenvalue weighted by Gasteiger charge is -2.09. The summed E-state index contributed by atoms with van der Waals surface area (Å²) >= 11 is 2.98. The predicted octanol–water partition coefficient (Wildman–Crippen LogP) is 4.86. The van der Waals surface area contributed by atoms with Gasteiger partial charge >= 0.3 is 0 Å². The van der Waals surface area contributed by atoms with Gasteiger partial charge in [0.1, 0.15) is 0 Å². The van der Waals surface area contributed by atoms with Gasteiger partial charge in [-0.15, -0.1) is 0 Å². The van der Waals surface area contributed by atoms with E-state index in [9.17, 15) is 18.0 Å². The molecular weight excluding hydrogens is 337 g/mol. The number of rotatable bonds is 3. The second-order valence-electron chi connectivity index (χ2n) is 4.00. The van der Waals surface area contributed by atoms with Crippen molar-refractivity contribution >= 4 is 21.7 Å². The largest absolute Gasteiger partial charge is 0.451 e. The molecule has 0 aliphatic heterocycles. The molecule has 2 aromatic carbocycles. The van der Waals surface area contributed by atoms with E-state index in [0.717, 1.165) is 12.1 Å². The van der Waals surface area contributed by atoms with Crippen molar-refractivity contribution in [2.45, 2.75) is 6.92 Å². The van der Waals surface area contributed by atoms with Crippen molar-refractivity contribution in [2.24, 2.45) is 0 Å². The van der Waals surface area contributed by atoms with Gasteiger partial charge < -0.3 is 4.74 Å². The average Bonchev–Trinajstić information content (AvgIpc) is 2.37. The molecule has 0 saturated carbocycles. The molecule has 2 aromatic rings. The predicted molar refractivity (Wildman–Crippen MR) is 70.5 cm³/mol. The van der Waals surface area contributed by atoms with Crippen LogP contribution in [0.1, 0.15) is 17.3 Å². The monoisotopic (exact) mass is 344 g/mol. The molecular formula is C14H8BrF3O2. The Hall–Kier alpha value is -1.82. The third-order valence-corrected chi connectivity index (χ3v) is 2.98. The van der Waals surface area contributed by atoms with Crippen molar-refractivity contribution in [3.8, 4) is 11.5 Å². The molecule has 0 amide bonds. The lowest BCUT2D eigenvalue weighted by Crippen LogP contribution is -1.97. The minimum Gasteiger partial charge on any atom is -0.451 e. The Morgan fingerprint density at radius 3 is 2.35 bits per heavy atom. The minimum absolute atomic E-state index is 0.163. The molecule has 0 spiro atoms. The molecule has 2 nitrogen and oxygen atoms in total. The fourth-order valence-corrected chi connectivity index (χ4v) is 1.94. The van der Waals surface area contributed by atoms with Gasteiger partial charge in [-0.2, -0.15) is 4.39 Å². The number of hydrogen-bond donors (Lipinski definition) is 0. The molecule has 0 atom stereocenters. The highest BCUT2D eigenvalue weighted by molar-refractivity contribution is 9.10. The first-order valence-electron chi connectivity index (χ1n) is 5.51. The number of ether oxygens (including phenoxy) is 1. The van der Waals surface area contributed by atoms with E-state index in [1.165, 1.54) is 25.1 Å². The van der Waals surface area contributed by atoms with Crippen molar-refractivity contribution in [3.05, 3.63) is 57.8 Å². The lowest BCUT2D eigenvalue weighted by atomic mass is 10.1. The van der Waals surface area contributed by atoms with Gasteiger partial charge in [0.05, 0.1) is 0 Å². The van der Waals surface area contributed by atoms with Crippen LogP contribution in [0.3, 0.4) is 0 Å². The van der Waals surface area contributed by atoms with Crippen LogP contribution in [0.4, 0.5) is 13.2 Å². The van der Waals surface area contributed by atoms with Crippen molar-refractivity contribution < 1.29 is 22.7 Å². The first kappa shape index (κ1) is 14.6. The Morgan fingerprint density at radius 1 is 1.05 bits per heavy atom. The molecule has 6 heteroatoms. The Morgan fingerprint density at radius 2 is 1.75 bits per heavy atom. The van der Waals surface area contributed by atoms with Gasteiger partial charge in [-0.25, -0.2) is 8.78 Å². The number of halogens is 4. The molecule has 0 radical (unpaired) electrons. The number of carbonyl (C=O) groups is 1. The fraction of sp³-hybridized carbons (Fsp3) is 0.0714. The zero-order valence-electron chi connectivity index (χ0n) is 10.2. The quantitative estimate of drug-likeness (QED) is 0.587.